The minimum absolute atomic E-state index is 0.0886. The number of halogens is 2. The zero-order valence-electron chi connectivity index (χ0n) is 11.2. The summed E-state index contributed by atoms with van der Waals surface area (Å²) in [6.07, 6.45) is 0.863. The van der Waals surface area contributed by atoms with Gasteiger partial charge in [-0.2, -0.15) is 0 Å². The molecule has 20 heavy (non-hydrogen) atoms. The molecule has 1 atom stereocenters. The molecule has 1 unspecified atom stereocenters. The second kappa shape index (κ2) is 6.46. The lowest BCUT2D eigenvalue weighted by Crippen LogP contribution is -2.43. The standard InChI is InChI=1S/C14H16Cl2N2O2/c1-2-12-14(20)18(7-6-13(19)17-12)8-9-10(15)4-3-5-11(9)16/h3-5,12H,2,6-8H2,1H3,(H,17,19). The van der Waals surface area contributed by atoms with Gasteiger partial charge >= 0.3 is 0 Å². The Bertz CT molecular complexity index is 514. The number of hydrogen-bond acceptors (Lipinski definition) is 2. The van der Waals surface area contributed by atoms with Crippen molar-refractivity contribution in [3.8, 4) is 0 Å². The maximum absolute atomic E-state index is 12.4. The van der Waals surface area contributed by atoms with Gasteiger partial charge in [-0.15, -0.1) is 0 Å². The third kappa shape index (κ3) is 3.25. The lowest BCUT2D eigenvalue weighted by molar-refractivity contribution is -0.134. The summed E-state index contributed by atoms with van der Waals surface area (Å²) in [6.45, 7) is 2.57. The first-order valence-corrected chi connectivity index (χ1v) is 7.29. The van der Waals surface area contributed by atoms with E-state index in [0.717, 1.165) is 0 Å². The van der Waals surface area contributed by atoms with Gasteiger partial charge in [0, 0.05) is 35.1 Å². The molecule has 0 aromatic heterocycles. The molecule has 1 aromatic carbocycles. The largest absolute Gasteiger partial charge is 0.344 e. The summed E-state index contributed by atoms with van der Waals surface area (Å²) in [4.78, 5) is 25.6. The average molecular weight is 315 g/mol. The van der Waals surface area contributed by atoms with Crippen LogP contribution in [0.5, 0.6) is 0 Å². The van der Waals surface area contributed by atoms with E-state index in [9.17, 15) is 9.59 Å². The van der Waals surface area contributed by atoms with Crippen LogP contribution >= 0.6 is 23.2 Å². The SMILES string of the molecule is CCC1NC(=O)CCN(Cc2c(Cl)cccc2Cl)C1=O. The summed E-state index contributed by atoms with van der Waals surface area (Å²) in [6, 6.07) is 4.78. The Hall–Kier alpha value is -1.26. The van der Waals surface area contributed by atoms with Crippen molar-refractivity contribution in [1.82, 2.24) is 10.2 Å². The van der Waals surface area contributed by atoms with Crippen molar-refractivity contribution in [2.75, 3.05) is 6.54 Å². The molecular formula is C14H16Cl2N2O2. The number of nitrogens with zero attached hydrogens (tertiary/aromatic N) is 1. The number of amides is 2. The third-order valence-electron chi connectivity index (χ3n) is 3.37. The van der Waals surface area contributed by atoms with Crippen molar-refractivity contribution in [3.63, 3.8) is 0 Å². The molecule has 1 heterocycles. The highest BCUT2D eigenvalue weighted by Gasteiger charge is 2.29. The van der Waals surface area contributed by atoms with Crippen LogP contribution in [0.1, 0.15) is 25.3 Å². The Morgan fingerprint density at radius 3 is 2.55 bits per heavy atom. The summed E-state index contributed by atoms with van der Waals surface area (Å²) < 4.78 is 0. The molecule has 108 valence electrons. The molecule has 1 aromatic rings. The van der Waals surface area contributed by atoms with Crippen molar-refractivity contribution >= 4 is 35.0 Å². The topological polar surface area (TPSA) is 49.4 Å². The van der Waals surface area contributed by atoms with Crippen molar-refractivity contribution in [2.45, 2.75) is 32.4 Å². The van der Waals surface area contributed by atoms with Crippen LogP contribution < -0.4 is 5.32 Å². The lowest BCUT2D eigenvalue weighted by atomic mass is 10.1. The van der Waals surface area contributed by atoms with E-state index in [-0.39, 0.29) is 11.8 Å². The van der Waals surface area contributed by atoms with Gasteiger partial charge in [0.15, 0.2) is 0 Å². The molecule has 1 saturated heterocycles. The summed E-state index contributed by atoms with van der Waals surface area (Å²) >= 11 is 12.3. The molecular weight excluding hydrogens is 299 g/mol. The zero-order valence-corrected chi connectivity index (χ0v) is 12.7. The fraction of sp³-hybridized carbons (Fsp3) is 0.429. The van der Waals surface area contributed by atoms with E-state index in [0.29, 0.717) is 41.5 Å². The number of carbonyl (C=O) groups excluding carboxylic acids is 2. The second-order valence-corrected chi connectivity index (χ2v) is 5.55. The normalized spacial score (nSPS) is 19.8. The highest BCUT2D eigenvalue weighted by Crippen LogP contribution is 2.26. The number of hydrogen-bond donors (Lipinski definition) is 1. The molecule has 0 saturated carbocycles. The quantitative estimate of drug-likeness (QED) is 0.932. The van der Waals surface area contributed by atoms with E-state index in [2.05, 4.69) is 5.32 Å². The minimum atomic E-state index is -0.466. The van der Waals surface area contributed by atoms with Gasteiger partial charge in [-0.1, -0.05) is 36.2 Å². The number of benzene rings is 1. The first-order valence-electron chi connectivity index (χ1n) is 6.54. The lowest BCUT2D eigenvalue weighted by Gasteiger charge is -2.24. The molecule has 2 amide bonds. The minimum Gasteiger partial charge on any atom is -0.344 e. The first-order chi connectivity index (χ1) is 9.52. The Balaban J connectivity index is 2.23. The monoisotopic (exact) mass is 314 g/mol. The van der Waals surface area contributed by atoms with E-state index in [1.807, 2.05) is 6.92 Å². The van der Waals surface area contributed by atoms with E-state index < -0.39 is 6.04 Å². The van der Waals surface area contributed by atoms with Crippen molar-refractivity contribution < 1.29 is 9.59 Å². The second-order valence-electron chi connectivity index (χ2n) is 4.74. The molecule has 0 radical (unpaired) electrons. The smallest absolute Gasteiger partial charge is 0.245 e. The summed E-state index contributed by atoms with van der Waals surface area (Å²) in [5.74, 6) is -0.188. The highest BCUT2D eigenvalue weighted by atomic mass is 35.5. The van der Waals surface area contributed by atoms with Crippen LogP contribution in [0.15, 0.2) is 18.2 Å². The molecule has 1 N–H and O–H groups in total. The fourth-order valence-electron chi connectivity index (χ4n) is 2.20. The Morgan fingerprint density at radius 1 is 1.30 bits per heavy atom. The Kier molecular flexibility index (Phi) is 4.89. The maximum Gasteiger partial charge on any atom is 0.245 e. The molecule has 0 bridgehead atoms. The maximum atomic E-state index is 12.4. The first kappa shape index (κ1) is 15.1. The van der Waals surface area contributed by atoms with Gasteiger partial charge in [-0.05, 0) is 18.6 Å². The van der Waals surface area contributed by atoms with E-state index in [1.165, 1.54) is 0 Å². The molecule has 2 rings (SSSR count). The Labute approximate surface area is 128 Å². The molecule has 6 heteroatoms. The molecule has 1 aliphatic heterocycles. The van der Waals surface area contributed by atoms with Crippen LogP contribution in [0.2, 0.25) is 10.0 Å². The summed E-state index contributed by atoms with van der Waals surface area (Å²) in [5, 5.41) is 3.79. The van der Waals surface area contributed by atoms with Crippen molar-refractivity contribution in [3.05, 3.63) is 33.8 Å². The molecule has 1 aliphatic rings. The molecule has 1 fully saturated rings. The summed E-state index contributed by atoms with van der Waals surface area (Å²) in [5.41, 5.74) is 0.716. The Morgan fingerprint density at radius 2 is 1.95 bits per heavy atom. The van der Waals surface area contributed by atoms with Gasteiger partial charge in [0.2, 0.25) is 11.8 Å². The van der Waals surface area contributed by atoms with Gasteiger partial charge < -0.3 is 10.2 Å². The van der Waals surface area contributed by atoms with Crippen LogP contribution in [-0.2, 0) is 16.1 Å². The van der Waals surface area contributed by atoms with Gasteiger partial charge in [-0.25, -0.2) is 0 Å². The number of rotatable bonds is 3. The van der Waals surface area contributed by atoms with E-state index in [4.69, 9.17) is 23.2 Å². The fourth-order valence-corrected chi connectivity index (χ4v) is 2.72. The van der Waals surface area contributed by atoms with E-state index in [1.54, 1.807) is 23.1 Å². The van der Waals surface area contributed by atoms with Crippen molar-refractivity contribution in [2.24, 2.45) is 0 Å². The number of nitrogens with one attached hydrogen (secondary N) is 1. The molecule has 0 aliphatic carbocycles. The van der Waals surface area contributed by atoms with Crippen LogP contribution in [0, 0.1) is 0 Å². The van der Waals surface area contributed by atoms with Crippen molar-refractivity contribution in [1.29, 1.82) is 0 Å². The summed E-state index contributed by atoms with van der Waals surface area (Å²) in [7, 11) is 0. The third-order valence-corrected chi connectivity index (χ3v) is 4.08. The number of carbonyl (C=O) groups is 2. The van der Waals surface area contributed by atoms with Gasteiger partial charge in [-0.3, -0.25) is 9.59 Å². The highest BCUT2D eigenvalue weighted by molar-refractivity contribution is 6.36. The van der Waals surface area contributed by atoms with Gasteiger partial charge in [0.1, 0.15) is 6.04 Å². The zero-order chi connectivity index (χ0) is 14.7. The molecule has 4 nitrogen and oxygen atoms in total. The van der Waals surface area contributed by atoms with Crippen LogP contribution in [0.4, 0.5) is 0 Å². The van der Waals surface area contributed by atoms with Gasteiger partial charge in [0.05, 0.1) is 0 Å². The van der Waals surface area contributed by atoms with Crippen LogP contribution in [0.3, 0.4) is 0 Å². The average Bonchev–Trinajstić information content (AvgIpc) is 2.55. The molecule has 0 spiro atoms. The predicted molar refractivity (Wildman–Crippen MR) is 78.7 cm³/mol. The predicted octanol–water partition coefficient (Wildman–Crippen LogP) is 2.62. The van der Waals surface area contributed by atoms with Crippen LogP contribution in [-0.4, -0.2) is 29.3 Å². The van der Waals surface area contributed by atoms with Gasteiger partial charge in [0.25, 0.3) is 0 Å². The van der Waals surface area contributed by atoms with E-state index >= 15 is 0 Å². The van der Waals surface area contributed by atoms with Crippen LogP contribution in [0.25, 0.3) is 0 Å².